The molecule has 0 aliphatic carbocycles. The van der Waals surface area contributed by atoms with Crippen LogP contribution >= 0.6 is 0 Å². The van der Waals surface area contributed by atoms with Gasteiger partial charge in [-0.05, 0) is 18.6 Å². The van der Waals surface area contributed by atoms with Crippen molar-refractivity contribution in [1.29, 1.82) is 0 Å². The molecule has 9 nitrogen and oxygen atoms in total. The van der Waals surface area contributed by atoms with E-state index in [1.807, 2.05) is 0 Å². The number of carbonyl (C=O) groups is 2. The van der Waals surface area contributed by atoms with Gasteiger partial charge in [-0.3, -0.25) is 9.59 Å². The third-order valence-corrected chi connectivity index (χ3v) is 5.22. The van der Waals surface area contributed by atoms with Gasteiger partial charge in [0.25, 0.3) is 5.91 Å². The van der Waals surface area contributed by atoms with Gasteiger partial charge < -0.3 is 10.4 Å². The Balaban J connectivity index is 2.11. The van der Waals surface area contributed by atoms with Gasteiger partial charge in [0.05, 0.1) is 29.0 Å². The fraction of sp³-hybridized carbons (Fsp3) is 0.333. The Kier molecular flexibility index (Phi) is 5.86. The highest BCUT2D eigenvalue weighted by atomic mass is 32.2. The number of hydrogen-bond donors (Lipinski definition) is 2. The van der Waals surface area contributed by atoms with Crippen LogP contribution in [0, 0.1) is 0 Å². The van der Waals surface area contributed by atoms with E-state index in [2.05, 4.69) is 15.6 Å². The second-order valence-electron chi connectivity index (χ2n) is 5.30. The van der Waals surface area contributed by atoms with Crippen molar-refractivity contribution < 1.29 is 23.1 Å². The lowest BCUT2D eigenvalue weighted by molar-refractivity contribution is -0.137. The number of benzene rings is 1. The van der Waals surface area contributed by atoms with Crippen LogP contribution in [0.15, 0.2) is 35.4 Å². The summed E-state index contributed by atoms with van der Waals surface area (Å²) in [5.41, 5.74) is 0.428. The Morgan fingerprint density at radius 3 is 2.68 bits per heavy atom. The van der Waals surface area contributed by atoms with Crippen LogP contribution in [0.3, 0.4) is 0 Å². The van der Waals surface area contributed by atoms with E-state index >= 15 is 0 Å². The van der Waals surface area contributed by atoms with Crippen LogP contribution in [0.1, 0.15) is 29.4 Å². The van der Waals surface area contributed by atoms with E-state index in [1.54, 1.807) is 19.1 Å². The topological polar surface area (TPSA) is 131 Å². The Morgan fingerprint density at radius 1 is 1.28 bits per heavy atom. The van der Waals surface area contributed by atoms with Gasteiger partial charge in [0, 0.05) is 0 Å². The van der Waals surface area contributed by atoms with Gasteiger partial charge in [-0.25, -0.2) is 13.1 Å². The number of nitrogens with zero attached hydrogens (tertiary/aromatic N) is 3. The molecule has 1 aromatic heterocycles. The lowest BCUT2D eigenvalue weighted by Crippen LogP contribution is -2.25. The summed E-state index contributed by atoms with van der Waals surface area (Å²) in [6.07, 6.45) is 1.85. The van der Waals surface area contributed by atoms with Crippen molar-refractivity contribution in [2.75, 3.05) is 5.75 Å². The first-order chi connectivity index (χ1) is 11.8. The Hall–Kier alpha value is -2.75. The van der Waals surface area contributed by atoms with E-state index < -0.39 is 21.7 Å². The number of hydrogen-bond acceptors (Lipinski definition) is 6. The fourth-order valence-electron chi connectivity index (χ4n) is 2.21. The molecule has 1 amide bonds. The summed E-state index contributed by atoms with van der Waals surface area (Å²) in [7, 11) is -3.54. The minimum Gasteiger partial charge on any atom is -0.480 e. The summed E-state index contributed by atoms with van der Waals surface area (Å²) in [6, 6.07) is 6.00. The standard InChI is InChI=1S/C15H18N4O5S/c1-2-7-25(23,24)13-6-4-3-5-12(13)15(22)16-8-11-9-19(18-17-11)10-14(20)21/h3-6,9H,2,7-8,10H2,1H3,(H,16,22)(H,20,21). The number of sulfone groups is 1. The maximum Gasteiger partial charge on any atom is 0.325 e. The molecule has 0 saturated heterocycles. The Bertz CT molecular complexity index is 876. The summed E-state index contributed by atoms with van der Waals surface area (Å²) in [4.78, 5) is 22.9. The first-order valence-corrected chi connectivity index (χ1v) is 9.19. The van der Waals surface area contributed by atoms with Crippen LogP contribution in [0.2, 0.25) is 0 Å². The molecule has 134 valence electrons. The molecule has 0 bridgehead atoms. The predicted molar refractivity (Wildman–Crippen MR) is 87.6 cm³/mol. The molecule has 0 aliphatic rings. The molecule has 0 unspecified atom stereocenters. The predicted octanol–water partition coefficient (Wildman–Crippen LogP) is 0.476. The van der Waals surface area contributed by atoms with E-state index in [0.29, 0.717) is 12.1 Å². The molecule has 0 atom stereocenters. The minimum atomic E-state index is -3.54. The second-order valence-corrected chi connectivity index (χ2v) is 7.38. The normalized spacial score (nSPS) is 11.2. The summed E-state index contributed by atoms with van der Waals surface area (Å²) in [5, 5.41) is 18.6. The van der Waals surface area contributed by atoms with Crippen molar-refractivity contribution in [1.82, 2.24) is 20.3 Å². The maximum atomic E-state index is 12.3. The second kappa shape index (κ2) is 7.88. The number of carboxylic acid groups (broad SMARTS) is 1. The highest BCUT2D eigenvalue weighted by Gasteiger charge is 2.21. The summed E-state index contributed by atoms with van der Waals surface area (Å²) < 4.78 is 25.7. The Labute approximate surface area is 144 Å². The fourth-order valence-corrected chi connectivity index (χ4v) is 3.74. The van der Waals surface area contributed by atoms with Crippen molar-refractivity contribution in [3.8, 4) is 0 Å². The van der Waals surface area contributed by atoms with Gasteiger partial charge in [0.15, 0.2) is 9.84 Å². The molecule has 2 aromatic rings. The van der Waals surface area contributed by atoms with Crippen LogP contribution in [-0.2, 0) is 27.7 Å². The third kappa shape index (κ3) is 4.86. The number of amides is 1. The van der Waals surface area contributed by atoms with E-state index in [4.69, 9.17) is 5.11 Å². The van der Waals surface area contributed by atoms with Gasteiger partial charge in [0.1, 0.15) is 12.2 Å². The summed E-state index contributed by atoms with van der Waals surface area (Å²) in [6.45, 7) is 1.42. The highest BCUT2D eigenvalue weighted by molar-refractivity contribution is 7.91. The van der Waals surface area contributed by atoms with Gasteiger partial charge in [-0.15, -0.1) is 5.10 Å². The third-order valence-electron chi connectivity index (χ3n) is 3.25. The average molecular weight is 366 g/mol. The van der Waals surface area contributed by atoms with Crippen molar-refractivity contribution in [2.45, 2.75) is 31.3 Å². The van der Waals surface area contributed by atoms with Crippen molar-refractivity contribution in [3.05, 3.63) is 41.7 Å². The van der Waals surface area contributed by atoms with E-state index in [1.165, 1.54) is 18.3 Å². The number of carbonyl (C=O) groups excluding carboxylic acids is 1. The van der Waals surface area contributed by atoms with Crippen molar-refractivity contribution in [2.24, 2.45) is 0 Å². The molecule has 0 radical (unpaired) electrons. The van der Waals surface area contributed by atoms with Crippen LogP contribution in [-0.4, -0.2) is 46.1 Å². The zero-order valence-electron chi connectivity index (χ0n) is 13.5. The first-order valence-electron chi connectivity index (χ1n) is 7.54. The smallest absolute Gasteiger partial charge is 0.325 e. The molecular weight excluding hydrogens is 348 g/mol. The summed E-state index contributed by atoms with van der Waals surface area (Å²) in [5.74, 6) is -1.65. The van der Waals surface area contributed by atoms with Crippen LogP contribution in [0.5, 0.6) is 0 Å². The lowest BCUT2D eigenvalue weighted by atomic mass is 10.2. The molecular formula is C15H18N4O5S. The Morgan fingerprint density at radius 2 is 2.00 bits per heavy atom. The molecule has 0 spiro atoms. The number of aromatic nitrogens is 3. The molecule has 0 fully saturated rings. The average Bonchev–Trinajstić information content (AvgIpc) is 2.99. The van der Waals surface area contributed by atoms with Gasteiger partial charge in [-0.2, -0.15) is 0 Å². The van der Waals surface area contributed by atoms with Crippen LogP contribution in [0.25, 0.3) is 0 Å². The van der Waals surface area contributed by atoms with E-state index in [9.17, 15) is 18.0 Å². The van der Waals surface area contributed by atoms with Crippen LogP contribution < -0.4 is 5.32 Å². The minimum absolute atomic E-state index is 0.000607. The largest absolute Gasteiger partial charge is 0.480 e. The summed E-state index contributed by atoms with van der Waals surface area (Å²) >= 11 is 0. The van der Waals surface area contributed by atoms with Gasteiger partial charge in [0.2, 0.25) is 0 Å². The lowest BCUT2D eigenvalue weighted by Gasteiger charge is -2.09. The molecule has 0 saturated carbocycles. The van der Waals surface area contributed by atoms with Gasteiger partial charge >= 0.3 is 5.97 Å². The first kappa shape index (κ1) is 18.6. The maximum absolute atomic E-state index is 12.3. The molecule has 2 rings (SSSR count). The number of carboxylic acids is 1. The molecule has 25 heavy (non-hydrogen) atoms. The van der Waals surface area contributed by atoms with E-state index in [0.717, 1.165) is 4.68 Å². The monoisotopic (exact) mass is 366 g/mol. The zero-order chi connectivity index (χ0) is 18.4. The number of aliphatic carboxylic acids is 1. The number of nitrogens with one attached hydrogen (secondary N) is 1. The van der Waals surface area contributed by atoms with Crippen LogP contribution in [0.4, 0.5) is 0 Å². The highest BCUT2D eigenvalue weighted by Crippen LogP contribution is 2.18. The number of rotatable bonds is 8. The molecule has 10 heteroatoms. The molecule has 2 N–H and O–H groups in total. The van der Waals surface area contributed by atoms with E-state index in [-0.39, 0.29) is 29.3 Å². The zero-order valence-corrected chi connectivity index (χ0v) is 14.4. The molecule has 1 aromatic carbocycles. The molecule has 0 aliphatic heterocycles. The molecule has 1 heterocycles. The van der Waals surface area contributed by atoms with Crippen molar-refractivity contribution in [3.63, 3.8) is 0 Å². The quantitative estimate of drug-likeness (QED) is 0.694. The SMILES string of the molecule is CCCS(=O)(=O)c1ccccc1C(=O)NCc1cn(CC(=O)O)nn1. The van der Waals surface area contributed by atoms with Crippen molar-refractivity contribution >= 4 is 21.7 Å². The van der Waals surface area contributed by atoms with Gasteiger partial charge in [-0.1, -0.05) is 24.3 Å².